The maximum atomic E-state index is 14.9. The van der Waals surface area contributed by atoms with Gasteiger partial charge >= 0.3 is 0 Å². The van der Waals surface area contributed by atoms with Crippen molar-refractivity contribution in [1.82, 2.24) is 0 Å². The van der Waals surface area contributed by atoms with Crippen LogP contribution in [0.5, 0.6) is 0 Å². The van der Waals surface area contributed by atoms with Gasteiger partial charge in [-0.3, -0.25) is 19.3 Å². The van der Waals surface area contributed by atoms with Gasteiger partial charge < -0.3 is 4.42 Å². The number of hydrogen-bond donors (Lipinski definition) is 0. The molecule has 1 amide bonds. The van der Waals surface area contributed by atoms with Crippen molar-refractivity contribution in [3.8, 4) is 0 Å². The molecule has 32 heavy (non-hydrogen) atoms. The second kappa shape index (κ2) is 7.53. The average molecular weight is 492 g/mol. The summed E-state index contributed by atoms with van der Waals surface area (Å²) < 4.78 is 21.5. The largest absolute Gasteiger partial charge is 0.450 e. The Labute approximate surface area is 190 Å². The zero-order chi connectivity index (χ0) is 22.6. The van der Waals surface area contributed by atoms with Crippen molar-refractivity contribution < 1.29 is 18.4 Å². The molecule has 158 valence electrons. The molecule has 7 heteroatoms. The number of ketones is 1. The summed E-state index contributed by atoms with van der Waals surface area (Å²) in [5, 5.41) is 0.293. The van der Waals surface area contributed by atoms with Crippen LogP contribution in [-0.4, -0.2) is 11.7 Å². The van der Waals surface area contributed by atoms with Crippen LogP contribution in [0.4, 0.5) is 10.1 Å². The third-order valence-electron chi connectivity index (χ3n) is 5.58. The summed E-state index contributed by atoms with van der Waals surface area (Å²) in [6.07, 6.45) is 0. The fourth-order valence-electron chi connectivity index (χ4n) is 4.06. The Kier molecular flexibility index (Phi) is 4.78. The van der Waals surface area contributed by atoms with E-state index in [1.54, 1.807) is 60.7 Å². The second-order valence-electron chi connectivity index (χ2n) is 7.52. The minimum atomic E-state index is -1.01. The van der Waals surface area contributed by atoms with Gasteiger partial charge in [-0.15, -0.1) is 0 Å². The third-order valence-corrected chi connectivity index (χ3v) is 6.08. The molecule has 5 nitrogen and oxygen atoms in total. The fraction of sp³-hybridized carbons (Fsp3) is 0.0800. The van der Waals surface area contributed by atoms with Crippen molar-refractivity contribution >= 4 is 44.3 Å². The molecule has 2 heterocycles. The van der Waals surface area contributed by atoms with E-state index in [4.69, 9.17) is 4.42 Å². The molecule has 1 aliphatic heterocycles. The number of rotatable bonds is 3. The van der Waals surface area contributed by atoms with Gasteiger partial charge in [0.25, 0.3) is 5.91 Å². The molecule has 0 N–H and O–H groups in total. The number of fused-ring (bicyclic) bond motifs is 2. The quantitative estimate of drug-likeness (QED) is 0.347. The van der Waals surface area contributed by atoms with Crippen LogP contribution in [0.25, 0.3) is 11.0 Å². The zero-order valence-electron chi connectivity index (χ0n) is 16.8. The molecule has 0 aliphatic carbocycles. The molecule has 0 fully saturated rings. The number of nitrogens with zero attached hydrogens (tertiary/aromatic N) is 1. The van der Waals surface area contributed by atoms with E-state index in [9.17, 15) is 18.8 Å². The van der Waals surface area contributed by atoms with Gasteiger partial charge in [0.1, 0.15) is 11.4 Å². The van der Waals surface area contributed by atoms with E-state index in [-0.39, 0.29) is 28.3 Å². The molecule has 0 radical (unpaired) electrons. The van der Waals surface area contributed by atoms with Crippen molar-refractivity contribution in [2.24, 2.45) is 0 Å². The van der Waals surface area contributed by atoms with Crippen molar-refractivity contribution in [2.45, 2.75) is 13.0 Å². The van der Waals surface area contributed by atoms with Gasteiger partial charge in [-0.1, -0.05) is 34.1 Å². The normalized spacial score (nSPS) is 15.3. The number of halogens is 2. The van der Waals surface area contributed by atoms with Crippen LogP contribution in [-0.2, 0) is 0 Å². The highest BCUT2D eigenvalue weighted by Crippen LogP contribution is 2.42. The van der Waals surface area contributed by atoms with E-state index in [0.717, 1.165) is 0 Å². The van der Waals surface area contributed by atoms with Crippen LogP contribution < -0.4 is 10.3 Å². The molecule has 4 aromatic rings. The fourth-order valence-corrected chi connectivity index (χ4v) is 4.42. The smallest absolute Gasteiger partial charge is 0.295 e. The van der Waals surface area contributed by atoms with Crippen LogP contribution in [0, 0.1) is 5.82 Å². The van der Waals surface area contributed by atoms with Gasteiger partial charge in [0.15, 0.2) is 11.2 Å². The maximum absolute atomic E-state index is 14.9. The number of hydrogen-bond acceptors (Lipinski definition) is 4. The Morgan fingerprint density at radius 1 is 1.03 bits per heavy atom. The number of anilines is 1. The number of Topliss-reactive ketones (excluding diaryl/α,β-unsaturated/α-hetero) is 1. The van der Waals surface area contributed by atoms with E-state index >= 15 is 0 Å². The van der Waals surface area contributed by atoms with Crippen LogP contribution in [0.15, 0.2) is 80.4 Å². The highest BCUT2D eigenvalue weighted by molar-refractivity contribution is 9.10. The Bertz CT molecular complexity index is 1480. The highest BCUT2D eigenvalue weighted by Gasteiger charge is 2.44. The van der Waals surface area contributed by atoms with Gasteiger partial charge in [0, 0.05) is 21.3 Å². The van der Waals surface area contributed by atoms with Crippen LogP contribution in [0.2, 0.25) is 0 Å². The van der Waals surface area contributed by atoms with E-state index in [2.05, 4.69) is 15.9 Å². The molecule has 5 rings (SSSR count). The predicted molar refractivity (Wildman–Crippen MR) is 122 cm³/mol. The first-order valence-electron chi connectivity index (χ1n) is 9.82. The lowest BCUT2D eigenvalue weighted by Crippen LogP contribution is -2.30. The van der Waals surface area contributed by atoms with Gasteiger partial charge in [0.2, 0.25) is 5.76 Å². The maximum Gasteiger partial charge on any atom is 0.295 e. The molecule has 0 saturated carbocycles. The minimum Gasteiger partial charge on any atom is -0.450 e. The van der Waals surface area contributed by atoms with Gasteiger partial charge in [-0.2, -0.15) is 0 Å². The van der Waals surface area contributed by atoms with Crippen LogP contribution in [0.1, 0.15) is 45.0 Å². The average Bonchev–Trinajstić information content (AvgIpc) is 3.07. The number of amides is 1. The Balaban J connectivity index is 1.80. The molecule has 0 saturated heterocycles. The molecule has 3 aromatic carbocycles. The number of carbonyl (C=O) groups is 2. The van der Waals surface area contributed by atoms with E-state index in [0.29, 0.717) is 21.1 Å². The number of benzene rings is 3. The van der Waals surface area contributed by atoms with Gasteiger partial charge in [-0.25, -0.2) is 4.39 Å². The summed E-state index contributed by atoms with van der Waals surface area (Å²) in [6.45, 7) is 1.44. The highest BCUT2D eigenvalue weighted by atomic mass is 79.9. The van der Waals surface area contributed by atoms with Gasteiger partial charge in [0.05, 0.1) is 17.0 Å². The van der Waals surface area contributed by atoms with Crippen molar-refractivity contribution in [1.29, 1.82) is 0 Å². The minimum absolute atomic E-state index is 0.0846. The molecular weight excluding hydrogens is 477 g/mol. The van der Waals surface area contributed by atoms with Gasteiger partial charge in [-0.05, 0) is 55.5 Å². The third kappa shape index (κ3) is 3.08. The summed E-state index contributed by atoms with van der Waals surface area (Å²) in [5.41, 5.74) is 1.03. The summed E-state index contributed by atoms with van der Waals surface area (Å²) in [5.74, 6) is -1.33. The van der Waals surface area contributed by atoms with E-state index in [1.807, 2.05) is 0 Å². The first kappa shape index (κ1) is 20.3. The lowest BCUT2D eigenvalue weighted by molar-refractivity contribution is 0.0970. The Hall–Kier alpha value is -3.58. The molecule has 0 spiro atoms. The van der Waals surface area contributed by atoms with Crippen LogP contribution >= 0.6 is 15.9 Å². The molecule has 1 unspecified atom stereocenters. The standard InChI is InChI=1S/C25H15BrFNO4/c1-13(29)14-6-9-16(10-7-14)28-22(17-4-2-3-5-19(17)27)21-23(30)18-12-15(26)8-11-20(18)32-24(21)25(28)31/h2-12,22H,1H3. The topological polar surface area (TPSA) is 67.6 Å². The Morgan fingerprint density at radius 2 is 1.75 bits per heavy atom. The SMILES string of the molecule is CC(=O)c1ccc(N2C(=O)c3oc4ccc(Br)cc4c(=O)c3C2c2ccccc2F)cc1. The predicted octanol–water partition coefficient (Wildman–Crippen LogP) is 5.65. The van der Waals surface area contributed by atoms with E-state index < -0.39 is 23.2 Å². The van der Waals surface area contributed by atoms with Crippen molar-refractivity contribution in [2.75, 3.05) is 4.90 Å². The summed E-state index contributed by atoms with van der Waals surface area (Å²) in [7, 11) is 0. The molecule has 1 atom stereocenters. The summed E-state index contributed by atoms with van der Waals surface area (Å²) in [6, 6.07) is 16.4. The molecular formula is C25H15BrFNO4. The Morgan fingerprint density at radius 3 is 2.44 bits per heavy atom. The van der Waals surface area contributed by atoms with Crippen molar-refractivity contribution in [3.05, 3.63) is 110 Å². The summed E-state index contributed by atoms with van der Waals surface area (Å²) in [4.78, 5) is 40.0. The molecule has 0 bridgehead atoms. The second-order valence-corrected chi connectivity index (χ2v) is 8.43. The van der Waals surface area contributed by atoms with Crippen molar-refractivity contribution in [3.63, 3.8) is 0 Å². The molecule has 1 aromatic heterocycles. The van der Waals surface area contributed by atoms with E-state index in [1.165, 1.54) is 17.9 Å². The first-order chi connectivity index (χ1) is 15.4. The monoisotopic (exact) mass is 491 g/mol. The lowest BCUT2D eigenvalue weighted by atomic mass is 9.97. The first-order valence-corrected chi connectivity index (χ1v) is 10.6. The summed E-state index contributed by atoms with van der Waals surface area (Å²) >= 11 is 3.35. The molecule has 1 aliphatic rings. The zero-order valence-corrected chi connectivity index (χ0v) is 18.4. The lowest BCUT2D eigenvalue weighted by Gasteiger charge is -2.25. The van der Waals surface area contributed by atoms with Crippen LogP contribution in [0.3, 0.4) is 0 Å². The number of carbonyl (C=O) groups excluding carboxylic acids is 2.